The zero-order chi connectivity index (χ0) is 21.3. The molecule has 0 atom stereocenters. The molecule has 1 saturated heterocycles. The molecule has 6 heteroatoms. The van der Waals surface area contributed by atoms with Gasteiger partial charge in [0.05, 0.1) is 37.3 Å². The van der Waals surface area contributed by atoms with Crippen LogP contribution < -0.4 is 4.90 Å². The van der Waals surface area contributed by atoms with Gasteiger partial charge in [-0.2, -0.15) is 5.10 Å². The van der Waals surface area contributed by atoms with Crippen molar-refractivity contribution < 1.29 is 14.3 Å². The van der Waals surface area contributed by atoms with E-state index in [1.165, 1.54) is 12.8 Å². The molecule has 30 heavy (non-hydrogen) atoms. The van der Waals surface area contributed by atoms with Gasteiger partial charge in [0.15, 0.2) is 6.29 Å². The van der Waals surface area contributed by atoms with E-state index in [9.17, 15) is 4.79 Å². The molecule has 2 aliphatic rings. The Morgan fingerprint density at radius 2 is 2.03 bits per heavy atom. The normalized spacial score (nSPS) is 18.5. The van der Waals surface area contributed by atoms with E-state index in [1.54, 1.807) is 22.7 Å². The van der Waals surface area contributed by atoms with E-state index in [1.807, 2.05) is 31.3 Å². The van der Waals surface area contributed by atoms with Gasteiger partial charge in [0.2, 0.25) is 5.91 Å². The number of amides is 1. The molecule has 0 spiro atoms. The third kappa shape index (κ3) is 4.92. The zero-order valence-electron chi connectivity index (χ0n) is 18.1. The molecule has 0 radical (unpaired) electrons. The summed E-state index contributed by atoms with van der Waals surface area (Å²) < 4.78 is 13.4. The van der Waals surface area contributed by atoms with E-state index in [0.717, 1.165) is 16.8 Å². The number of aryl methyl sites for hydroxylation is 1. The molecule has 1 aliphatic heterocycles. The van der Waals surface area contributed by atoms with Crippen LogP contribution in [-0.2, 0) is 20.8 Å². The van der Waals surface area contributed by atoms with E-state index in [-0.39, 0.29) is 17.6 Å². The minimum Gasteiger partial charge on any atom is -0.350 e. The Kier molecular flexibility index (Phi) is 5.68. The van der Waals surface area contributed by atoms with Gasteiger partial charge in [0.1, 0.15) is 0 Å². The van der Waals surface area contributed by atoms with Crippen LogP contribution in [0.5, 0.6) is 0 Å². The minimum atomic E-state index is -0.334. The Labute approximate surface area is 178 Å². The number of ether oxygens (including phenoxy) is 2. The van der Waals surface area contributed by atoms with Crippen molar-refractivity contribution in [3.05, 3.63) is 41.7 Å². The van der Waals surface area contributed by atoms with Crippen molar-refractivity contribution in [2.45, 2.75) is 53.4 Å². The number of rotatable bonds is 4. The smallest absolute Gasteiger partial charge is 0.228 e. The predicted octanol–water partition coefficient (Wildman–Crippen LogP) is 4.04. The molecular weight excluding hydrogens is 378 g/mol. The first-order valence-corrected chi connectivity index (χ1v) is 10.5. The molecule has 1 aromatic carbocycles. The van der Waals surface area contributed by atoms with E-state index in [0.29, 0.717) is 31.4 Å². The van der Waals surface area contributed by atoms with Crippen molar-refractivity contribution in [3.8, 4) is 11.8 Å². The molecule has 1 aromatic heterocycles. The Morgan fingerprint density at radius 3 is 2.70 bits per heavy atom. The second-order valence-electron chi connectivity index (χ2n) is 9.04. The van der Waals surface area contributed by atoms with Crippen molar-refractivity contribution in [3.63, 3.8) is 0 Å². The lowest BCUT2D eigenvalue weighted by atomic mass is 9.96. The van der Waals surface area contributed by atoms with Gasteiger partial charge in [-0.25, -0.2) is 0 Å². The molecule has 158 valence electrons. The lowest BCUT2D eigenvalue weighted by Gasteiger charge is -2.34. The summed E-state index contributed by atoms with van der Waals surface area (Å²) in [4.78, 5) is 14.2. The van der Waals surface area contributed by atoms with E-state index < -0.39 is 0 Å². The highest BCUT2D eigenvalue weighted by Crippen LogP contribution is 2.31. The zero-order valence-corrected chi connectivity index (χ0v) is 18.1. The van der Waals surface area contributed by atoms with Crippen molar-refractivity contribution in [1.82, 2.24) is 9.78 Å². The van der Waals surface area contributed by atoms with Crippen LogP contribution in [0.1, 0.15) is 44.7 Å². The van der Waals surface area contributed by atoms with Crippen LogP contribution >= 0.6 is 0 Å². The largest absolute Gasteiger partial charge is 0.350 e. The number of benzene rings is 1. The molecule has 1 saturated carbocycles. The molecular formula is C24H29N3O3. The fourth-order valence-electron chi connectivity index (χ4n) is 3.38. The van der Waals surface area contributed by atoms with E-state index in [2.05, 4.69) is 30.8 Å². The number of hydrogen-bond donors (Lipinski definition) is 0. The third-order valence-electron chi connectivity index (χ3n) is 5.30. The molecule has 0 unspecified atom stereocenters. The molecule has 4 rings (SSSR count). The SMILES string of the molecule is CC(=O)N(c1cnn(CC2OCC(C)(C)CO2)c1)c1cc(C#CC2CC2)ccc1C. The highest BCUT2D eigenvalue weighted by molar-refractivity contribution is 5.99. The third-order valence-corrected chi connectivity index (χ3v) is 5.30. The van der Waals surface area contributed by atoms with Gasteiger partial charge < -0.3 is 9.47 Å². The molecule has 6 nitrogen and oxygen atoms in total. The molecule has 0 N–H and O–H groups in total. The van der Waals surface area contributed by atoms with Crippen LogP contribution in [-0.4, -0.2) is 35.2 Å². The second-order valence-corrected chi connectivity index (χ2v) is 9.04. The Hall–Kier alpha value is -2.62. The maximum Gasteiger partial charge on any atom is 0.228 e. The number of carbonyl (C=O) groups is 1. The number of anilines is 2. The standard InChI is InChI=1S/C24H29N3O3/c1-17-5-6-20(10-9-19-7-8-19)11-22(17)27(18(2)28)21-12-25-26(13-21)14-23-29-15-24(3,4)16-30-23/h5-6,11-13,19,23H,7-8,14-16H2,1-4H3. The molecule has 0 bridgehead atoms. The minimum absolute atomic E-state index is 0.0299. The average molecular weight is 408 g/mol. The van der Waals surface area contributed by atoms with Gasteiger partial charge in [0.25, 0.3) is 0 Å². The van der Waals surface area contributed by atoms with Crippen molar-refractivity contribution in [2.75, 3.05) is 18.1 Å². The summed E-state index contributed by atoms with van der Waals surface area (Å²) in [5, 5.41) is 4.43. The first-order valence-electron chi connectivity index (χ1n) is 10.5. The summed E-state index contributed by atoms with van der Waals surface area (Å²) in [6.45, 7) is 9.58. The highest BCUT2D eigenvalue weighted by Gasteiger charge is 2.29. The molecule has 2 heterocycles. The summed E-state index contributed by atoms with van der Waals surface area (Å²) in [5.41, 5.74) is 3.51. The number of hydrogen-bond acceptors (Lipinski definition) is 4. The average Bonchev–Trinajstić information content (AvgIpc) is 3.42. The molecule has 2 aromatic rings. The lowest BCUT2D eigenvalue weighted by molar-refractivity contribution is -0.227. The van der Waals surface area contributed by atoms with Gasteiger partial charge >= 0.3 is 0 Å². The topological polar surface area (TPSA) is 56.6 Å². The van der Waals surface area contributed by atoms with Crippen LogP contribution in [0, 0.1) is 30.1 Å². The Bertz CT molecular complexity index is 985. The van der Waals surface area contributed by atoms with Gasteiger partial charge in [-0.3, -0.25) is 14.4 Å². The van der Waals surface area contributed by atoms with Crippen LogP contribution in [0.25, 0.3) is 0 Å². The number of carbonyl (C=O) groups excluding carboxylic acids is 1. The maximum atomic E-state index is 12.6. The quantitative estimate of drug-likeness (QED) is 0.718. The van der Waals surface area contributed by atoms with Crippen molar-refractivity contribution >= 4 is 17.3 Å². The predicted molar refractivity (Wildman–Crippen MR) is 115 cm³/mol. The maximum absolute atomic E-state index is 12.6. The van der Waals surface area contributed by atoms with Gasteiger partial charge in [-0.05, 0) is 37.5 Å². The van der Waals surface area contributed by atoms with Gasteiger partial charge in [-0.15, -0.1) is 0 Å². The number of nitrogens with zero attached hydrogens (tertiary/aromatic N) is 3. The van der Waals surface area contributed by atoms with Crippen molar-refractivity contribution in [2.24, 2.45) is 11.3 Å². The molecule has 2 fully saturated rings. The Balaban J connectivity index is 1.53. The monoisotopic (exact) mass is 407 g/mol. The molecule has 1 aliphatic carbocycles. The van der Waals surface area contributed by atoms with Crippen LogP contribution in [0.4, 0.5) is 11.4 Å². The summed E-state index contributed by atoms with van der Waals surface area (Å²) in [6, 6.07) is 6.01. The van der Waals surface area contributed by atoms with Crippen LogP contribution in [0.2, 0.25) is 0 Å². The van der Waals surface area contributed by atoms with E-state index >= 15 is 0 Å². The summed E-state index contributed by atoms with van der Waals surface area (Å²) in [7, 11) is 0. The van der Waals surface area contributed by atoms with Gasteiger partial charge in [-0.1, -0.05) is 31.8 Å². The first-order chi connectivity index (χ1) is 14.3. The molecule has 1 amide bonds. The van der Waals surface area contributed by atoms with Crippen molar-refractivity contribution in [1.29, 1.82) is 0 Å². The van der Waals surface area contributed by atoms with Crippen LogP contribution in [0.3, 0.4) is 0 Å². The fraction of sp³-hybridized carbons (Fsp3) is 0.500. The second kappa shape index (κ2) is 8.25. The summed E-state index contributed by atoms with van der Waals surface area (Å²) in [5.74, 6) is 6.99. The fourth-order valence-corrected chi connectivity index (χ4v) is 3.38. The Morgan fingerprint density at radius 1 is 1.30 bits per heavy atom. The first kappa shape index (κ1) is 20.6. The summed E-state index contributed by atoms with van der Waals surface area (Å²) in [6.07, 6.45) is 5.61. The van der Waals surface area contributed by atoms with Crippen LogP contribution in [0.15, 0.2) is 30.6 Å². The number of aromatic nitrogens is 2. The summed E-state index contributed by atoms with van der Waals surface area (Å²) >= 11 is 0. The lowest BCUT2D eigenvalue weighted by Crippen LogP contribution is -2.39. The van der Waals surface area contributed by atoms with E-state index in [4.69, 9.17) is 9.47 Å². The highest BCUT2D eigenvalue weighted by atomic mass is 16.7. The van der Waals surface area contributed by atoms with Gasteiger partial charge in [0, 0.05) is 30.0 Å².